The quantitative estimate of drug-likeness (QED) is 0.793. The predicted octanol–water partition coefficient (Wildman–Crippen LogP) is 3.08. The van der Waals surface area contributed by atoms with E-state index in [-0.39, 0.29) is 24.0 Å². The highest BCUT2D eigenvalue weighted by Gasteiger charge is 2.40. The van der Waals surface area contributed by atoms with Crippen LogP contribution in [0.1, 0.15) is 22.7 Å². The molecular formula is C14H17ClF6N2O. The average molecular weight is 379 g/mol. The fourth-order valence-electron chi connectivity index (χ4n) is 2.67. The van der Waals surface area contributed by atoms with Crippen molar-refractivity contribution in [2.24, 2.45) is 0 Å². The van der Waals surface area contributed by atoms with Crippen molar-refractivity contribution in [1.82, 2.24) is 10.2 Å². The molecule has 0 bridgehead atoms. The van der Waals surface area contributed by atoms with Gasteiger partial charge in [-0.05, 0) is 17.7 Å². The summed E-state index contributed by atoms with van der Waals surface area (Å²) in [7, 11) is 0. The highest BCUT2D eigenvalue weighted by molar-refractivity contribution is 5.85. The number of halogens is 7. The Morgan fingerprint density at radius 2 is 1.62 bits per heavy atom. The highest BCUT2D eigenvalue weighted by Crippen LogP contribution is 2.40. The van der Waals surface area contributed by atoms with Crippen LogP contribution in [0.4, 0.5) is 26.3 Å². The van der Waals surface area contributed by atoms with E-state index >= 15 is 0 Å². The zero-order chi connectivity index (χ0) is 17.3. The van der Waals surface area contributed by atoms with Gasteiger partial charge < -0.3 is 10.4 Å². The smallest absolute Gasteiger partial charge is 0.394 e. The summed E-state index contributed by atoms with van der Waals surface area (Å²) < 4.78 is 77.7. The Labute approximate surface area is 141 Å². The number of hydrogen-bond acceptors (Lipinski definition) is 3. The molecular weight excluding hydrogens is 362 g/mol. The molecule has 1 heterocycles. The van der Waals surface area contributed by atoms with E-state index in [4.69, 9.17) is 0 Å². The lowest BCUT2D eigenvalue weighted by Gasteiger charge is -2.35. The summed E-state index contributed by atoms with van der Waals surface area (Å²) in [5, 5.41) is 12.5. The Kier molecular flexibility index (Phi) is 6.92. The zero-order valence-electron chi connectivity index (χ0n) is 12.4. The summed E-state index contributed by atoms with van der Waals surface area (Å²) in [5.74, 6) is 0. The minimum absolute atomic E-state index is 0. The average Bonchev–Trinajstić information content (AvgIpc) is 2.47. The second kappa shape index (κ2) is 7.90. The van der Waals surface area contributed by atoms with Gasteiger partial charge in [0.1, 0.15) is 0 Å². The molecule has 10 heteroatoms. The first-order chi connectivity index (χ1) is 10.6. The number of benzene rings is 1. The first-order valence-electron chi connectivity index (χ1n) is 6.98. The first-order valence-corrected chi connectivity index (χ1v) is 6.98. The SMILES string of the molecule is Cl.OC[C@H](c1ccc(C(F)(F)F)cc1C(F)(F)F)N1CCNCC1. The standard InChI is InChI=1S/C14H16F6N2O.ClH/c15-13(16,17)9-1-2-10(11(7-9)14(18,19)20)12(8-23)22-5-3-21-4-6-22;/h1-2,7,12,21,23H,3-6,8H2;1H/t12-;/m1./s1. The van der Waals surface area contributed by atoms with Crippen LogP contribution >= 0.6 is 12.4 Å². The fraction of sp³-hybridized carbons (Fsp3) is 0.571. The Hall–Kier alpha value is -1.03. The predicted molar refractivity (Wildman–Crippen MR) is 78.0 cm³/mol. The molecule has 0 radical (unpaired) electrons. The molecule has 0 unspecified atom stereocenters. The van der Waals surface area contributed by atoms with Crippen LogP contribution in [0, 0.1) is 0 Å². The molecule has 0 aromatic heterocycles. The summed E-state index contributed by atoms with van der Waals surface area (Å²) in [6, 6.07) is 0.556. The van der Waals surface area contributed by atoms with E-state index < -0.39 is 36.1 Å². The number of hydrogen-bond donors (Lipinski definition) is 2. The number of aliphatic hydroxyl groups is 1. The van der Waals surface area contributed by atoms with Gasteiger partial charge >= 0.3 is 12.4 Å². The van der Waals surface area contributed by atoms with Gasteiger partial charge in [0.05, 0.1) is 23.8 Å². The fourth-order valence-corrected chi connectivity index (χ4v) is 2.67. The molecule has 2 N–H and O–H groups in total. The third-order valence-corrected chi connectivity index (χ3v) is 3.81. The molecule has 1 aliphatic heterocycles. The number of nitrogens with one attached hydrogen (secondary N) is 1. The molecule has 0 aliphatic carbocycles. The normalized spacial score (nSPS) is 18.1. The van der Waals surface area contributed by atoms with Gasteiger partial charge in [-0.1, -0.05) is 6.07 Å². The van der Waals surface area contributed by atoms with Crippen LogP contribution in [0.25, 0.3) is 0 Å². The lowest BCUT2D eigenvalue weighted by molar-refractivity contribution is -0.143. The van der Waals surface area contributed by atoms with Gasteiger partial charge in [0.2, 0.25) is 0 Å². The van der Waals surface area contributed by atoms with Crippen LogP contribution in [0.3, 0.4) is 0 Å². The minimum atomic E-state index is -4.93. The van der Waals surface area contributed by atoms with Crippen molar-refractivity contribution in [3.8, 4) is 0 Å². The first kappa shape index (κ1) is 21.0. The van der Waals surface area contributed by atoms with Crippen LogP contribution in [-0.2, 0) is 12.4 Å². The largest absolute Gasteiger partial charge is 0.416 e. The van der Waals surface area contributed by atoms with Gasteiger partial charge in [0, 0.05) is 26.2 Å². The number of aliphatic hydroxyl groups excluding tert-OH is 1. The maximum atomic E-state index is 13.2. The van der Waals surface area contributed by atoms with Crippen molar-refractivity contribution in [2.75, 3.05) is 32.8 Å². The van der Waals surface area contributed by atoms with Crippen LogP contribution in [0.15, 0.2) is 18.2 Å². The van der Waals surface area contributed by atoms with E-state index in [1.807, 2.05) is 0 Å². The van der Waals surface area contributed by atoms with Gasteiger partial charge in [-0.2, -0.15) is 26.3 Å². The summed E-state index contributed by atoms with van der Waals surface area (Å²) in [4.78, 5) is 1.63. The molecule has 3 nitrogen and oxygen atoms in total. The van der Waals surface area contributed by atoms with E-state index in [9.17, 15) is 31.4 Å². The van der Waals surface area contributed by atoms with Crippen LogP contribution in [-0.4, -0.2) is 42.8 Å². The summed E-state index contributed by atoms with van der Waals surface area (Å²) in [6.45, 7) is 1.29. The van der Waals surface area contributed by atoms with Crippen molar-refractivity contribution in [3.63, 3.8) is 0 Å². The number of rotatable bonds is 3. The minimum Gasteiger partial charge on any atom is -0.394 e. The van der Waals surface area contributed by atoms with Gasteiger partial charge in [-0.15, -0.1) is 12.4 Å². The van der Waals surface area contributed by atoms with Gasteiger partial charge in [0.15, 0.2) is 0 Å². The molecule has 2 rings (SSSR count). The van der Waals surface area contributed by atoms with E-state index in [1.165, 1.54) is 0 Å². The van der Waals surface area contributed by atoms with Gasteiger partial charge in [0.25, 0.3) is 0 Å². The summed E-state index contributed by atoms with van der Waals surface area (Å²) >= 11 is 0. The Balaban J connectivity index is 0.00000288. The lowest BCUT2D eigenvalue weighted by Crippen LogP contribution is -2.46. The molecule has 0 amide bonds. The summed E-state index contributed by atoms with van der Waals surface area (Å²) in [5.41, 5.74) is -3.05. The monoisotopic (exact) mass is 378 g/mol. The van der Waals surface area contributed by atoms with Gasteiger partial charge in [-0.3, -0.25) is 4.90 Å². The Morgan fingerprint density at radius 1 is 1.04 bits per heavy atom. The van der Waals surface area contributed by atoms with Crippen LogP contribution < -0.4 is 5.32 Å². The second-order valence-corrected chi connectivity index (χ2v) is 5.28. The maximum absolute atomic E-state index is 13.2. The van der Waals surface area contributed by atoms with Gasteiger partial charge in [-0.25, -0.2) is 0 Å². The zero-order valence-corrected chi connectivity index (χ0v) is 13.2. The topological polar surface area (TPSA) is 35.5 Å². The molecule has 1 atom stereocenters. The van der Waals surface area contributed by atoms with E-state index in [2.05, 4.69) is 5.32 Å². The number of nitrogens with zero attached hydrogens (tertiary/aromatic N) is 1. The molecule has 1 aromatic rings. The Bertz CT molecular complexity index is 543. The third-order valence-electron chi connectivity index (χ3n) is 3.81. The maximum Gasteiger partial charge on any atom is 0.416 e. The second-order valence-electron chi connectivity index (χ2n) is 5.28. The van der Waals surface area contributed by atoms with Crippen molar-refractivity contribution < 1.29 is 31.4 Å². The Morgan fingerprint density at radius 3 is 2.08 bits per heavy atom. The number of piperazine rings is 1. The van der Waals surface area contributed by atoms with Crippen molar-refractivity contribution in [2.45, 2.75) is 18.4 Å². The molecule has 1 saturated heterocycles. The molecule has 0 spiro atoms. The van der Waals surface area contributed by atoms with Crippen LogP contribution in [0.5, 0.6) is 0 Å². The molecule has 1 fully saturated rings. The summed E-state index contributed by atoms with van der Waals surface area (Å²) in [6.07, 6.45) is -9.79. The molecule has 138 valence electrons. The molecule has 0 saturated carbocycles. The molecule has 1 aliphatic rings. The molecule has 1 aromatic carbocycles. The molecule has 24 heavy (non-hydrogen) atoms. The van der Waals surface area contributed by atoms with Crippen LogP contribution in [0.2, 0.25) is 0 Å². The van der Waals surface area contributed by atoms with Crippen molar-refractivity contribution in [1.29, 1.82) is 0 Å². The number of alkyl halides is 6. The third kappa shape index (κ3) is 4.75. The van der Waals surface area contributed by atoms with Crippen molar-refractivity contribution >= 4 is 12.4 Å². The van der Waals surface area contributed by atoms with E-state index in [1.54, 1.807) is 4.90 Å². The lowest BCUT2D eigenvalue weighted by atomic mass is 9.96. The highest BCUT2D eigenvalue weighted by atomic mass is 35.5. The van der Waals surface area contributed by atoms with E-state index in [0.29, 0.717) is 32.2 Å². The van der Waals surface area contributed by atoms with E-state index in [0.717, 1.165) is 6.07 Å². The van der Waals surface area contributed by atoms with Crippen molar-refractivity contribution in [3.05, 3.63) is 34.9 Å².